The highest BCUT2D eigenvalue weighted by Crippen LogP contribution is 2.20. The highest BCUT2D eigenvalue weighted by atomic mass is 79.9. The van der Waals surface area contributed by atoms with E-state index in [0.717, 1.165) is 21.9 Å². The molecule has 0 bridgehead atoms. The van der Waals surface area contributed by atoms with Gasteiger partial charge in [-0.25, -0.2) is 4.98 Å². The van der Waals surface area contributed by atoms with Crippen molar-refractivity contribution >= 4 is 15.9 Å². The van der Waals surface area contributed by atoms with Gasteiger partial charge in [0.1, 0.15) is 18.1 Å². The predicted molar refractivity (Wildman–Crippen MR) is 68.2 cm³/mol. The molecular weight excluding hydrogens is 284 g/mol. The summed E-state index contributed by atoms with van der Waals surface area (Å²) >= 11 is 3.34. The van der Waals surface area contributed by atoms with Crippen molar-refractivity contribution in [3.8, 4) is 11.5 Å². The Labute approximate surface area is 108 Å². The van der Waals surface area contributed by atoms with Crippen LogP contribution in [0.3, 0.4) is 0 Å². The van der Waals surface area contributed by atoms with Crippen LogP contribution in [0.1, 0.15) is 5.69 Å². The number of hydrogen-bond donors (Lipinski definition) is 0. The smallest absolute Gasteiger partial charge is 0.177 e. The summed E-state index contributed by atoms with van der Waals surface area (Å²) in [5, 5.41) is 0. The molecule has 4 nitrogen and oxygen atoms in total. The average Bonchev–Trinajstić information content (AvgIpc) is 2.67. The second-order valence-corrected chi connectivity index (χ2v) is 4.29. The molecule has 0 unspecified atom stereocenters. The van der Waals surface area contributed by atoms with Gasteiger partial charge in [0.25, 0.3) is 0 Å². The highest BCUT2D eigenvalue weighted by molar-refractivity contribution is 9.10. The van der Waals surface area contributed by atoms with Crippen LogP contribution >= 0.6 is 15.9 Å². The van der Waals surface area contributed by atoms with Gasteiger partial charge >= 0.3 is 0 Å². The molecule has 0 saturated carbocycles. The first-order chi connectivity index (χ1) is 8.19. The van der Waals surface area contributed by atoms with E-state index in [-0.39, 0.29) is 0 Å². The molecule has 0 N–H and O–H groups in total. The third kappa shape index (κ3) is 3.00. The van der Waals surface area contributed by atoms with Crippen LogP contribution in [-0.2, 0) is 13.7 Å². The molecule has 1 aromatic carbocycles. The molecule has 17 heavy (non-hydrogen) atoms. The van der Waals surface area contributed by atoms with Gasteiger partial charge in [-0.2, -0.15) is 0 Å². The summed E-state index contributed by atoms with van der Waals surface area (Å²) in [4.78, 5) is 4.29. The number of methoxy groups -OCH3 is 1. The van der Waals surface area contributed by atoms with E-state index < -0.39 is 0 Å². The van der Waals surface area contributed by atoms with Crippen molar-refractivity contribution in [2.45, 2.75) is 6.61 Å². The van der Waals surface area contributed by atoms with E-state index >= 15 is 0 Å². The first-order valence-corrected chi connectivity index (χ1v) is 5.93. The van der Waals surface area contributed by atoms with Gasteiger partial charge in [0.05, 0.1) is 12.8 Å². The predicted octanol–water partition coefficient (Wildman–Crippen LogP) is 2.77. The van der Waals surface area contributed by atoms with Gasteiger partial charge < -0.3 is 14.0 Å². The van der Waals surface area contributed by atoms with Crippen molar-refractivity contribution in [1.29, 1.82) is 0 Å². The summed E-state index contributed by atoms with van der Waals surface area (Å²) < 4.78 is 13.4. The summed E-state index contributed by atoms with van der Waals surface area (Å²) in [6.07, 6.45) is 1.92. The third-order valence-electron chi connectivity index (χ3n) is 2.30. The first-order valence-electron chi connectivity index (χ1n) is 5.13. The van der Waals surface area contributed by atoms with Crippen molar-refractivity contribution in [2.75, 3.05) is 7.11 Å². The van der Waals surface area contributed by atoms with Crippen LogP contribution in [0.25, 0.3) is 0 Å². The molecule has 0 atom stereocenters. The van der Waals surface area contributed by atoms with Crippen molar-refractivity contribution in [2.24, 2.45) is 7.05 Å². The molecule has 0 saturated heterocycles. The number of benzene rings is 1. The zero-order valence-corrected chi connectivity index (χ0v) is 11.3. The largest absolute Gasteiger partial charge is 0.497 e. The number of nitrogens with zero attached hydrogens (tertiary/aromatic N) is 2. The lowest BCUT2D eigenvalue weighted by molar-refractivity contribution is 0.299. The minimum atomic E-state index is 0.437. The molecule has 0 aliphatic rings. The zero-order valence-electron chi connectivity index (χ0n) is 9.68. The van der Waals surface area contributed by atoms with E-state index in [1.54, 1.807) is 7.11 Å². The normalized spacial score (nSPS) is 10.3. The molecule has 90 valence electrons. The van der Waals surface area contributed by atoms with Crippen molar-refractivity contribution in [1.82, 2.24) is 9.55 Å². The second-order valence-electron chi connectivity index (χ2n) is 3.58. The second kappa shape index (κ2) is 5.23. The van der Waals surface area contributed by atoms with Crippen LogP contribution in [0.15, 0.2) is 35.2 Å². The van der Waals surface area contributed by atoms with Crippen LogP contribution in [-0.4, -0.2) is 16.7 Å². The van der Waals surface area contributed by atoms with Crippen LogP contribution < -0.4 is 9.47 Å². The Bertz CT molecular complexity index is 491. The Hall–Kier alpha value is -1.49. The molecule has 0 aliphatic carbocycles. The molecule has 0 radical (unpaired) electrons. The lowest BCUT2D eigenvalue weighted by Gasteiger charge is -2.05. The fourth-order valence-electron chi connectivity index (χ4n) is 1.42. The Balaban J connectivity index is 2.01. The summed E-state index contributed by atoms with van der Waals surface area (Å²) in [6.45, 7) is 0.437. The van der Waals surface area contributed by atoms with E-state index in [2.05, 4.69) is 20.9 Å². The van der Waals surface area contributed by atoms with Gasteiger partial charge in [0.2, 0.25) is 0 Å². The Morgan fingerprint density at radius 1 is 1.35 bits per heavy atom. The number of halogens is 1. The van der Waals surface area contributed by atoms with Gasteiger partial charge in [-0.05, 0) is 28.1 Å². The Morgan fingerprint density at radius 3 is 2.76 bits per heavy atom. The molecule has 1 heterocycles. The van der Waals surface area contributed by atoms with Crippen molar-refractivity contribution < 1.29 is 9.47 Å². The van der Waals surface area contributed by atoms with Gasteiger partial charge in [-0.1, -0.05) is 6.07 Å². The van der Waals surface area contributed by atoms with Gasteiger partial charge in [0, 0.05) is 19.3 Å². The minimum absolute atomic E-state index is 0.437. The van der Waals surface area contributed by atoms with Crippen LogP contribution in [0.2, 0.25) is 0 Å². The standard InChI is InChI=1S/C12H13BrN2O2/c1-15-7-9(14-12(15)13)8-17-11-5-3-4-10(6-11)16-2/h3-7H,8H2,1-2H3. The molecule has 2 rings (SSSR count). The number of ether oxygens (including phenoxy) is 2. The lowest BCUT2D eigenvalue weighted by atomic mass is 10.3. The molecule has 2 aromatic rings. The molecule has 1 aromatic heterocycles. The number of imidazole rings is 1. The maximum atomic E-state index is 5.63. The van der Waals surface area contributed by atoms with E-state index in [4.69, 9.17) is 9.47 Å². The molecule has 0 aliphatic heterocycles. The number of aromatic nitrogens is 2. The summed E-state index contributed by atoms with van der Waals surface area (Å²) in [5.41, 5.74) is 0.877. The zero-order chi connectivity index (χ0) is 12.3. The third-order valence-corrected chi connectivity index (χ3v) is 3.03. The van der Waals surface area contributed by atoms with Crippen molar-refractivity contribution in [3.63, 3.8) is 0 Å². The number of aryl methyl sites for hydroxylation is 1. The summed E-state index contributed by atoms with van der Waals surface area (Å²) in [6, 6.07) is 7.51. The quantitative estimate of drug-likeness (QED) is 0.870. The van der Waals surface area contributed by atoms with E-state index in [9.17, 15) is 0 Å². The van der Waals surface area contributed by atoms with E-state index in [0.29, 0.717) is 6.61 Å². The summed E-state index contributed by atoms with van der Waals surface area (Å²) in [5.74, 6) is 1.55. The Kier molecular flexibility index (Phi) is 3.68. The fraction of sp³-hybridized carbons (Fsp3) is 0.250. The van der Waals surface area contributed by atoms with E-state index in [1.165, 1.54) is 0 Å². The molecule has 0 amide bonds. The topological polar surface area (TPSA) is 36.3 Å². The maximum Gasteiger partial charge on any atom is 0.177 e. The fourth-order valence-corrected chi connectivity index (χ4v) is 1.75. The van der Waals surface area contributed by atoms with Gasteiger partial charge in [0.15, 0.2) is 4.73 Å². The Morgan fingerprint density at radius 2 is 2.12 bits per heavy atom. The minimum Gasteiger partial charge on any atom is -0.497 e. The molecular formula is C12H13BrN2O2. The lowest BCUT2D eigenvalue weighted by Crippen LogP contribution is -1.96. The average molecular weight is 297 g/mol. The van der Waals surface area contributed by atoms with Crippen LogP contribution in [0.5, 0.6) is 11.5 Å². The molecule has 5 heteroatoms. The van der Waals surface area contributed by atoms with Gasteiger partial charge in [-0.15, -0.1) is 0 Å². The number of hydrogen-bond acceptors (Lipinski definition) is 3. The molecule has 0 fully saturated rings. The van der Waals surface area contributed by atoms with Gasteiger partial charge in [-0.3, -0.25) is 0 Å². The monoisotopic (exact) mass is 296 g/mol. The van der Waals surface area contributed by atoms with Crippen LogP contribution in [0.4, 0.5) is 0 Å². The highest BCUT2D eigenvalue weighted by Gasteiger charge is 2.03. The first kappa shape index (κ1) is 12.0. The summed E-state index contributed by atoms with van der Waals surface area (Å²) in [7, 11) is 3.56. The SMILES string of the molecule is COc1cccc(OCc2cn(C)c(Br)n2)c1. The van der Waals surface area contributed by atoms with Crippen LogP contribution in [0, 0.1) is 0 Å². The number of rotatable bonds is 4. The molecule has 0 spiro atoms. The van der Waals surface area contributed by atoms with E-state index in [1.807, 2.05) is 42.1 Å². The van der Waals surface area contributed by atoms with Crippen molar-refractivity contribution in [3.05, 3.63) is 40.9 Å². The maximum absolute atomic E-state index is 5.63.